The van der Waals surface area contributed by atoms with Crippen molar-refractivity contribution in [1.82, 2.24) is 0 Å². The average Bonchev–Trinajstić information content (AvgIpc) is 2.50. The summed E-state index contributed by atoms with van der Waals surface area (Å²) in [5.74, 6) is 0.465. The van der Waals surface area contributed by atoms with Crippen molar-refractivity contribution in [2.24, 2.45) is 0 Å². The van der Waals surface area contributed by atoms with E-state index in [2.05, 4.69) is 6.92 Å². The predicted octanol–water partition coefficient (Wildman–Crippen LogP) is 2.33. The predicted molar refractivity (Wildman–Crippen MR) is 91.5 cm³/mol. The zero-order chi connectivity index (χ0) is 16.0. The molecule has 0 N–H and O–H groups in total. The van der Waals surface area contributed by atoms with Crippen molar-refractivity contribution in [3.05, 3.63) is 29.8 Å². The number of aryl methyl sites for hydroxylation is 1. The Morgan fingerprint density at radius 1 is 0.913 bits per heavy atom. The van der Waals surface area contributed by atoms with Gasteiger partial charge < -0.3 is 8.74 Å². The van der Waals surface area contributed by atoms with Crippen LogP contribution in [0.15, 0.2) is 24.3 Å². The number of para-hydroxylation sites is 1. The molecule has 23 heavy (non-hydrogen) atoms. The number of hydrogen-bond donors (Lipinski definition) is 0. The molecule has 1 unspecified atom stereocenters. The van der Waals surface area contributed by atoms with Gasteiger partial charge in [0.05, 0.1) is 0 Å². The van der Waals surface area contributed by atoms with E-state index in [1.54, 1.807) is 12.1 Å². The maximum atomic E-state index is 10.6. The van der Waals surface area contributed by atoms with Crippen LogP contribution in [0.1, 0.15) is 76.7 Å². The average molecular weight is 348 g/mol. The van der Waals surface area contributed by atoms with Gasteiger partial charge in [0.25, 0.3) is 0 Å². The first kappa shape index (κ1) is 23.1. The van der Waals surface area contributed by atoms with Gasteiger partial charge in [-0.05, 0) is 24.5 Å². The van der Waals surface area contributed by atoms with Gasteiger partial charge in [-0.3, -0.25) is 0 Å². The van der Waals surface area contributed by atoms with E-state index < -0.39 is 11.4 Å². The Labute approximate surface area is 166 Å². The van der Waals surface area contributed by atoms with Gasteiger partial charge in [-0.25, -0.2) is 4.21 Å². The van der Waals surface area contributed by atoms with Gasteiger partial charge in [0.15, 0.2) is 0 Å². The Kier molecular flexibility index (Phi) is 15.7. The number of hydrogen-bond acceptors (Lipinski definition) is 3. The van der Waals surface area contributed by atoms with Gasteiger partial charge in [-0.1, -0.05) is 82.9 Å². The zero-order valence-electron chi connectivity index (χ0n) is 14.7. The van der Waals surface area contributed by atoms with E-state index in [1.165, 1.54) is 57.8 Å². The molecule has 1 aromatic rings. The largest absolute Gasteiger partial charge is 1.00 e. The second kappa shape index (κ2) is 15.6. The summed E-state index contributed by atoms with van der Waals surface area (Å²) < 4.78 is 26.1. The summed E-state index contributed by atoms with van der Waals surface area (Å²) in [6.07, 6.45) is 13.9. The molecule has 1 aromatic carbocycles. The summed E-state index contributed by atoms with van der Waals surface area (Å²) in [5.41, 5.74) is 0.978. The molecule has 5 heteroatoms. The minimum Gasteiger partial charge on any atom is -0.740 e. The van der Waals surface area contributed by atoms with Gasteiger partial charge in [0, 0.05) is 0 Å². The van der Waals surface area contributed by atoms with Crippen LogP contribution in [0.5, 0.6) is 5.75 Å². The fraction of sp³-hybridized carbons (Fsp3) is 0.667. The maximum absolute atomic E-state index is 10.6. The monoisotopic (exact) mass is 348 g/mol. The molecule has 0 spiro atoms. The molecule has 0 bridgehead atoms. The van der Waals surface area contributed by atoms with Gasteiger partial charge >= 0.3 is 29.6 Å². The van der Waals surface area contributed by atoms with E-state index in [1.807, 2.05) is 12.1 Å². The van der Waals surface area contributed by atoms with Crippen molar-refractivity contribution in [3.8, 4) is 5.75 Å². The van der Waals surface area contributed by atoms with Crippen molar-refractivity contribution < 1.29 is 42.5 Å². The molecule has 0 saturated heterocycles. The molecule has 126 valence electrons. The minimum absolute atomic E-state index is 0. The first-order valence-corrected chi connectivity index (χ1v) is 9.59. The standard InChI is InChI=1S/C18H30O3S.Na/c1-2-3-4-5-6-7-8-9-10-11-14-17-15-12-13-16-18(17)21-22(19)20;/h12-13,15-16H,2-11,14H2,1H3,(H,19,20);/q;+1/p-1. The van der Waals surface area contributed by atoms with Crippen LogP contribution in [0.25, 0.3) is 0 Å². The van der Waals surface area contributed by atoms with Crippen LogP contribution >= 0.6 is 0 Å². The molecule has 0 heterocycles. The van der Waals surface area contributed by atoms with Crippen LogP contribution in [0.4, 0.5) is 0 Å². The second-order valence-electron chi connectivity index (χ2n) is 5.83. The fourth-order valence-electron chi connectivity index (χ4n) is 2.67. The molecule has 0 radical (unpaired) electrons. The number of benzene rings is 1. The summed E-state index contributed by atoms with van der Waals surface area (Å²) in [6, 6.07) is 7.37. The molecule has 0 fully saturated rings. The Morgan fingerprint density at radius 3 is 2.00 bits per heavy atom. The van der Waals surface area contributed by atoms with Crippen molar-refractivity contribution in [2.75, 3.05) is 0 Å². The van der Waals surface area contributed by atoms with Crippen LogP contribution < -0.4 is 33.7 Å². The first-order chi connectivity index (χ1) is 10.7. The topological polar surface area (TPSA) is 49.4 Å². The van der Waals surface area contributed by atoms with Crippen LogP contribution in [0, 0.1) is 0 Å². The van der Waals surface area contributed by atoms with E-state index in [9.17, 15) is 8.76 Å². The molecule has 1 atom stereocenters. The van der Waals surface area contributed by atoms with Crippen molar-refractivity contribution in [3.63, 3.8) is 0 Å². The van der Waals surface area contributed by atoms with E-state index in [4.69, 9.17) is 4.18 Å². The quantitative estimate of drug-likeness (QED) is 0.312. The van der Waals surface area contributed by atoms with E-state index >= 15 is 0 Å². The Hall–Kier alpha value is 0.130. The number of rotatable bonds is 13. The van der Waals surface area contributed by atoms with Gasteiger partial charge in [0.2, 0.25) is 0 Å². The molecule has 0 aliphatic heterocycles. The minimum atomic E-state index is -2.49. The molecule has 0 saturated carbocycles. The summed E-state index contributed by atoms with van der Waals surface area (Å²) in [4.78, 5) is 0. The third-order valence-electron chi connectivity index (χ3n) is 3.93. The SMILES string of the molecule is CCCCCCCCCCCCc1ccccc1OS(=O)[O-].[Na+]. The smallest absolute Gasteiger partial charge is 0.740 e. The van der Waals surface area contributed by atoms with Crippen molar-refractivity contribution in [2.45, 2.75) is 77.6 Å². The number of unbranched alkanes of at least 4 members (excludes halogenated alkanes) is 9. The Bertz CT molecular complexity index is 426. The van der Waals surface area contributed by atoms with E-state index in [0.29, 0.717) is 5.75 Å². The van der Waals surface area contributed by atoms with Gasteiger partial charge in [-0.15, -0.1) is 0 Å². The molecule has 1 rings (SSSR count). The van der Waals surface area contributed by atoms with E-state index in [0.717, 1.165) is 18.4 Å². The summed E-state index contributed by atoms with van der Waals surface area (Å²) in [6.45, 7) is 2.25. The molecule has 0 aromatic heterocycles. The zero-order valence-corrected chi connectivity index (χ0v) is 17.5. The Morgan fingerprint density at radius 2 is 1.43 bits per heavy atom. The summed E-state index contributed by atoms with van der Waals surface area (Å²) in [5, 5.41) is 0. The van der Waals surface area contributed by atoms with Crippen molar-refractivity contribution >= 4 is 11.4 Å². The molecular formula is C18H29NaO3S. The van der Waals surface area contributed by atoms with E-state index in [-0.39, 0.29) is 29.6 Å². The molecular weight excluding hydrogens is 319 g/mol. The molecule has 0 aliphatic carbocycles. The molecule has 3 nitrogen and oxygen atoms in total. The fourth-order valence-corrected chi connectivity index (χ4v) is 2.98. The van der Waals surface area contributed by atoms with Crippen molar-refractivity contribution in [1.29, 1.82) is 0 Å². The maximum Gasteiger partial charge on any atom is 1.00 e. The summed E-state index contributed by atoms with van der Waals surface area (Å²) in [7, 11) is 0. The molecule has 0 aliphatic rings. The Balaban J connectivity index is 0.00000484. The van der Waals surface area contributed by atoms with Crippen LogP contribution in [-0.2, 0) is 17.8 Å². The normalized spacial score (nSPS) is 11.7. The van der Waals surface area contributed by atoms with Crippen LogP contribution in [-0.4, -0.2) is 8.76 Å². The van der Waals surface area contributed by atoms with Crippen LogP contribution in [0.3, 0.4) is 0 Å². The summed E-state index contributed by atoms with van der Waals surface area (Å²) >= 11 is -2.49. The van der Waals surface area contributed by atoms with Gasteiger partial charge in [-0.2, -0.15) is 0 Å². The first-order valence-electron chi connectivity index (χ1n) is 8.59. The molecule has 0 amide bonds. The second-order valence-corrected chi connectivity index (χ2v) is 6.40. The van der Waals surface area contributed by atoms with Crippen LogP contribution in [0.2, 0.25) is 0 Å². The van der Waals surface area contributed by atoms with Gasteiger partial charge in [0.1, 0.15) is 17.1 Å². The third kappa shape index (κ3) is 12.2. The third-order valence-corrected chi connectivity index (χ3v) is 4.25.